The molecule has 0 aromatic carbocycles. The summed E-state index contributed by atoms with van der Waals surface area (Å²) in [6.45, 7) is 0. The third kappa shape index (κ3) is 1.58. The molecule has 0 bridgehead atoms. The van der Waals surface area contributed by atoms with E-state index in [2.05, 4.69) is 0 Å². The molecule has 0 fully saturated rings. The van der Waals surface area contributed by atoms with Crippen molar-refractivity contribution in [1.29, 1.82) is 5.26 Å². The smallest absolute Gasteiger partial charge is 0.331 e. The number of hydrogen-bond acceptors (Lipinski definition) is 2. The molecule has 0 radical (unpaired) electrons. The van der Waals surface area contributed by atoms with Crippen LogP contribution >= 0.6 is 0 Å². The van der Waals surface area contributed by atoms with E-state index in [1.807, 2.05) is 6.07 Å². The maximum Gasteiger partial charge on any atom is 0.331 e. The summed E-state index contributed by atoms with van der Waals surface area (Å²) in [7, 11) is 0. The Bertz CT molecular complexity index is 247. The van der Waals surface area contributed by atoms with Gasteiger partial charge in [-0.3, -0.25) is 0 Å². The lowest BCUT2D eigenvalue weighted by Gasteiger charge is -1.95. The van der Waals surface area contributed by atoms with Crippen molar-refractivity contribution >= 4 is 5.97 Å². The van der Waals surface area contributed by atoms with Gasteiger partial charge in [0, 0.05) is 5.57 Å². The van der Waals surface area contributed by atoms with Gasteiger partial charge in [0.15, 0.2) is 0 Å². The molecule has 0 saturated carbocycles. The number of nitriles is 1. The van der Waals surface area contributed by atoms with Crippen LogP contribution in [0.3, 0.4) is 0 Å². The van der Waals surface area contributed by atoms with E-state index in [4.69, 9.17) is 10.4 Å². The van der Waals surface area contributed by atoms with Crippen LogP contribution in [0.5, 0.6) is 0 Å². The van der Waals surface area contributed by atoms with Crippen LogP contribution in [0.4, 0.5) is 0 Å². The van der Waals surface area contributed by atoms with Crippen molar-refractivity contribution in [2.75, 3.05) is 0 Å². The average molecular weight is 151 g/mol. The minimum atomic E-state index is -0.854. The maximum atomic E-state index is 10.5. The standard InChI is InChI=1S/C8H9NO2/c9-5-4-6-2-1-3-7(6)8(10)11/h1-4H2,(H,10,11). The van der Waals surface area contributed by atoms with Crippen LogP contribution in [-0.2, 0) is 4.79 Å². The molecule has 0 aromatic heterocycles. The van der Waals surface area contributed by atoms with E-state index >= 15 is 0 Å². The zero-order valence-electron chi connectivity index (χ0n) is 6.13. The predicted octanol–water partition coefficient (Wildman–Crippen LogP) is 1.47. The minimum Gasteiger partial charge on any atom is -0.478 e. The Balaban J connectivity index is 2.79. The molecule has 1 N–H and O–H groups in total. The van der Waals surface area contributed by atoms with Gasteiger partial charge in [0.05, 0.1) is 12.5 Å². The predicted molar refractivity (Wildman–Crippen MR) is 38.7 cm³/mol. The first-order valence-electron chi connectivity index (χ1n) is 3.57. The lowest BCUT2D eigenvalue weighted by Crippen LogP contribution is -1.99. The van der Waals surface area contributed by atoms with Crippen LogP contribution in [0, 0.1) is 11.3 Å². The van der Waals surface area contributed by atoms with Crippen LogP contribution in [0.15, 0.2) is 11.1 Å². The third-order valence-electron chi connectivity index (χ3n) is 1.88. The topological polar surface area (TPSA) is 61.1 Å². The fraction of sp³-hybridized carbons (Fsp3) is 0.500. The van der Waals surface area contributed by atoms with E-state index in [0.717, 1.165) is 18.4 Å². The summed E-state index contributed by atoms with van der Waals surface area (Å²) in [4.78, 5) is 10.5. The van der Waals surface area contributed by atoms with E-state index in [-0.39, 0.29) is 6.42 Å². The van der Waals surface area contributed by atoms with Crippen LogP contribution in [-0.4, -0.2) is 11.1 Å². The Morgan fingerprint density at radius 2 is 2.36 bits per heavy atom. The van der Waals surface area contributed by atoms with E-state index in [0.29, 0.717) is 12.0 Å². The van der Waals surface area contributed by atoms with Crippen LogP contribution < -0.4 is 0 Å². The van der Waals surface area contributed by atoms with Gasteiger partial charge in [0.1, 0.15) is 0 Å². The quantitative estimate of drug-likeness (QED) is 0.650. The highest BCUT2D eigenvalue weighted by atomic mass is 16.4. The van der Waals surface area contributed by atoms with Gasteiger partial charge in [0.2, 0.25) is 0 Å². The molecule has 58 valence electrons. The summed E-state index contributed by atoms with van der Waals surface area (Å²) in [6.07, 6.45) is 2.59. The second-order valence-electron chi connectivity index (χ2n) is 2.58. The summed E-state index contributed by atoms with van der Waals surface area (Å²) in [5.41, 5.74) is 1.28. The lowest BCUT2D eigenvalue weighted by molar-refractivity contribution is -0.132. The number of nitrogens with zero attached hydrogens (tertiary/aromatic N) is 1. The highest BCUT2D eigenvalue weighted by Gasteiger charge is 2.19. The van der Waals surface area contributed by atoms with E-state index in [1.165, 1.54) is 0 Å². The van der Waals surface area contributed by atoms with E-state index in [1.54, 1.807) is 0 Å². The van der Waals surface area contributed by atoms with Crippen molar-refractivity contribution in [3.63, 3.8) is 0 Å². The van der Waals surface area contributed by atoms with Crippen molar-refractivity contribution in [3.05, 3.63) is 11.1 Å². The number of carboxylic acid groups (broad SMARTS) is 1. The number of rotatable bonds is 2. The lowest BCUT2D eigenvalue weighted by atomic mass is 10.1. The average Bonchev–Trinajstić information content (AvgIpc) is 2.36. The molecule has 3 nitrogen and oxygen atoms in total. The SMILES string of the molecule is N#CCC1=C(C(=O)O)CCC1. The van der Waals surface area contributed by atoms with Crippen molar-refractivity contribution in [1.82, 2.24) is 0 Å². The largest absolute Gasteiger partial charge is 0.478 e. The summed E-state index contributed by atoms with van der Waals surface area (Å²) in [6, 6.07) is 1.97. The third-order valence-corrected chi connectivity index (χ3v) is 1.88. The van der Waals surface area contributed by atoms with Crippen LogP contribution in [0.1, 0.15) is 25.7 Å². The number of hydrogen-bond donors (Lipinski definition) is 1. The van der Waals surface area contributed by atoms with Crippen molar-refractivity contribution in [3.8, 4) is 6.07 Å². The number of carboxylic acids is 1. The first-order chi connectivity index (χ1) is 5.25. The molecule has 0 aromatic rings. The molecule has 1 aliphatic rings. The summed E-state index contributed by atoms with van der Waals surface area (Å²) < 4.78 is 0. The van der Waals surface area contributed by atoms with Gasteiger partial charge in [-0.05, 0) is 24.8 Å². The molecular weight excluding hydrogens is 142 g/mol. The van der Waals surface area contributed by atoms with Crippen molar-refractivity contribution in [2.24, 2.45) is 0 Å². The van der Waals surface area contributed by atoms with Gasteiger partial charge in [-0.25, -0.2) is 4.79 Å². The second-order valence-corrected chi connectivity index (χ2v) is 2.58. The fourth-order valence-electron chi connectivity index (χ4n) is 1.35. The van der Waals surface area contributed by atoms with Gasteiger partial charge in [0.25, 0.3) is 0 Å². The van der Waals surface area contributed by atoms with Crippen molar-refractivity contribution < 1.29 is 9.90 Å². The Labute approximate surface area is 64.9 Å². The molecule has 0 atom stereocenters. The van der Waals surface area contributed by atoms with Crippen molar-refractivity contribution in [2.45, 2.75) is 25.7 Å². The molecule has 0 unspecified atom stereocenters. The van der Waals surface area contributed by atoms with Crippen LogP contribution in [0.2, 0.25) is 0 Å². The molecule has 11 heavy (non-hydrogen) atoms. The van der Waals surface area contributed by atoms with Gasteiger partial charge >= 0.3 is 5.97 Å². The molecule has 0 spiro atoms. The first kappa shape index (κ1) is 7.80. The zero-order chi connectivity index (χ0) is 8.27. The fourth-order valence-corrected chi connectivity index (χ4v) is 1.35. The van der Waals surface area contributed by atoms with Gasteiger partial charge < -0.3 is 5.11 Å². The molecule has 0 aliphatic heterocycles. The van der Waals surface area contributed by atoms with Crippen LogP contribution in [0.25, 0.3) is 0 Å². The second kappa shape index (κ2) is 3.20. The number of allylic oxidation sites excluding steroid dienone is 1. The highest BCUT2D eigenvalue weighted by Crippen LogP contribution is 2.27. The van der Waals surface area contributed by atoms with E-state index in [9.17, 15) is 4.79 Å². The Kier molecular flexibility index (Phi) is 2.27. The molecule has 0 saturated heterocycles. The summed E-state index contributed by atoms with van der Waals surface area (Å²) >= 11 is 0. The number of aliphatic carboxylic acids is 1. The zero-order valence-corrected chi connectivity index (χ0v) is 6.13. The Morgan fingerprint density at radius 3 is 2.91 bits per heavy atom. The Morgan fingerprint density at radius 1 is 1.64 bits per heavy atom. The normalized spacial score (nSPS) is 16.6. The molecule has 3 heteroatoms. The van der Waals surface area contributed by atoms with Gasteiger partial charge in [-0.2, -0.15) is 5.26 Å². The molecular formula is C8H9NO2. The first-order valence-corrected chi connectivity index (χ1v) is 3.57. The van der Waals surface area contributed by atoms with Gasteiger partial charge in [-0.1, -0.05) is 0 Å². The number of carbonyl (C=O) groups is 1. The summed E-state index contributed by atoms with van der Waals surface area (Å²) in [5, 5.41) is 17.0. The monoisotopic (exact) mass is 151 g/mol. The highest BCUT2D eigenvalue weighted by molar-refractivity contribution is 5.88. The Hall–Kier alpha value is -1.30. The summed E-state index contributed by atoms with van der Waals surface area (Å²) in [5.74, 6) is -0.854. The maximum absolute atomic E-state index is 10.5. The van der Waals surface area contributed by atoms with Gasteiger partial charge in [-0.15, -0.1) is 0 Å². The molecule has 0 amide bonds. The molecule has 0 heterocycles. The van der Waals surface area contributed by atoms with E-state index < -0.39 is 5.97 Å². The minimum absolute atomic E-state index is 0.279. The molecule has 1 rings (SSSR count). The molecule has 1 aliphatic carbocycles.